The van der Waals surface area contributed by atoms with Gasteiger partial charge in [0.2, 0.25) is 0 Å². The van der Waals surface area contributed by atoms with Gasteiger partial charge in [-0.05, 0) is 25.5 Å². The summed E-state index contributed by atoms with van der Waals surface area (Å²) < 4.78 is 7.57. The average Bonchev–Trinajstić information content (AvgIpc) is 2.87. The summed E-state index contributed by atoms with van der Waals surface area (Å²) in [6.07, 6.45) is 2.24. The molecule has 2 aromatic rings. The van der Waals surface area contributed by atoms with Crippen molar-refractivity contribution in [1.29, 1.82) is 0 Å². The molecule has 1 aromatic carbocycles. The van der Waals surface area contributed by atoms with E-state index in [1.54, 1.807) is 4.68 Å². The Balaban J connectivity index is 2.16. The van der Waals surface area contributed by atoms with E-state index in [4.69, 9.17) is 15.6 Å². The lowest BCUT2D eigenvalue weighted by atomic mass is 9.90. The zero-order valence-corrected chi connectivity index (χ0v) is 14.1. The Morgan fingerprint density at radius 3 is 2.55 bits per heavy atom. The maximum Gasteiger partial charge on any atom is 0.127 e. The predicted octanol–water partition coefficient (Wildman–Crippen LogP) is 3.86. The number of nitrogens with two attached hydrogens (primary N) is 1. The van der Waals surface area contributed by atoms with Gasteiger partial charge in [-0.15, -0.1) is 0 Å². The highest BCUT2D eigenvalue weighted by Gasteiger charge is 2.25. The molecule has 2 rings (SSSR count). The van der Waals surface area contributed by atoms with Crippen molar-refractivity contribution >= 4 is 5.82 Å². The molecule has 4 nitrogen and oxygen atoms in total. The monoisotopic (exact) mass is 301 g/mol. The van der Waals surface area contributed by atoms with E-state index in [-0.39, 0.29) is 5.41 Å². The van der Waals surface area contributed by atoms with Crippen LogP contribution in [0.15, 0.2) is 30.3 Å². The highest BCUT2D eigenvalue weighted by Crippen LogP contribution is 2.26. The molecule has 0 saturated carbocycles. The lowest BCUT2D eigenvalue weighted by Gasteiger charge is -2.22. The SMILES string of the molecule is CCCCOCC(C)(C)c1cc(N)n(-c2ccc(C)cc2)n1. The van der Waals surface area contributed by atoms with Crippen LogP contribution in [0.4, 0.5) is 5.82 Å². The van der Waals surface area contributed by atoms with Crippen molar-refractivity contribution in [2.45, 2.75) is 46.0 Å². The third kappa shape index (κ3) is 3.89. The summed E-state index contributed by atoms with van der Waals surface area (Å²) in [4.78, 5) is 0. The van der Waals surface area contributed by atoms with Crippen LogP contribution >= 0.6 is 0 Å². The molecular weight excluding hydrogens is 274 g/mol. The first kappa shape index (κ1) is 16.6. The van der Waals surface area contributed by atoms with Gasteiger partial charge in [-0.2, -0.15) is 5.10 Å². The van der Waals surface area contributed by atoms with Crippen LogP contribution in [0, 0.1) is 6.92 Å². The summed E-state index contributed by atoms with van der Waals surface area (Å²) in [5, 5.41) is 4.69. The first-order valence-electron chi connectivity index (χ1n) is 7.95. The third-order valence-electron chi connectivity index (χ3n) is 3.81. The summed E-state index contributed by atoms with van der Waals surface area (Å²) in [7, 11) is 0. The average molecular weight is 301 g/mol. The smallest absolute Gasteiger partial charge is 0.127 e. The molecule has 0 unspecified atom stereocenters. The molecule has 2 N–H and O–H groups in total. The van der Waals surface area contributed by atoms with Crippen molar-refractivity contribution in [1.82, 2.24) is 9.78 Å². The predicted molar refractivity (Wildman–Crippen MR) is 91.5 cm³/mol. The maximum absolute atomic E-state index is 6.14. The number of hydrogen-bond donors (Lipinski definition) is 1. The molecule has 0 spiro atoms. The van der Waals surface area contributed by atoms with Crippen LogP contribution < -0.4 is 5.73 Å². The van der Waals surface area contributed by atoms with E-state index in [1.807, 2.05) is 18.2 Å². The Bertz CT molecular complexity index is 599. The third-order valence-corrected chi connectivity index (χ3v) is 3.81. The summed E-state index contributed by atoms with van der Waals surface area (Å²) in [6.45, 7) is 9.96. The van der Waals surface area contributed by atoms with E-state index in [0.29, 0.717) is 12.4 Å². The fourth-order valence-corrected chi connectivity index (χ4v) is 2.27. The topological polar surface area (TPSA) is 53.1 Å². The second-order valence-corrected chi connectivity index (χ2v) is 6.49. The quantitative estimate of drug-likeness (QED) is 0.790. The van der Waals surface area contributed by atoms with Crippen molar-refractivity contribution in [3.05, 3.63) is 41.6 Å². The van der Waals surface area contributed by atoms with Crippen molar-refractivity contribution in [2.75, 3.05) is 18.9 Å². The number of rotatable bonds is 7. The number of anilines is 1. The number of benzene rings is 1. The fraction of sp³-hybridized carbons (Fsp3) is 0.500. The second kappa shape index (κ2) is 6.97. The van der Waals surface area contributed by atoms with Gasteiger partial charge in [-0.3, -0.25) is 0 Å². The molecule has 0 radical (unpaired) electrons. The van der Waals surface area contributed by atoms with Crippen LogP contribution in [0.1, 0.15) is 44.9 Å². The first-order valence-corrected chi connectivity index (χ1v) is 7.95. The van der Waals surface area contributed by atoms with E-state index in [9.17, 15) is 0 Å². The second-order valence-electron chi connectivity index (χ2n) is 6.49. The van der Waals surface area contributed by atoms with Gasteiger partial charge in [-0.1, -0.05) is 44.9 Å². The Labute approximate surface area is 133 Å². The van der Waals surface area contributed by atoms with Crippen molar-refractivity contribution < 1.29 is 4.74 Å². The summed E-state index contributed by atoms with van der Waals surface area (Å²) >= 11 is 0. The van der Waals surface area contributed by atoms with Gasteiger partial charge in [0, 0.05) is 18.1 Å². The zero-order valence-electron chi connectivity index (χ0n) is 14.1. The van der Waals surface area contributed by atoms with Crippen LogP contribution in [0.3, 0.4) is 0 Å². The van der Waals surface area contributed by atoms with Gasteiger partial charge < -0.3 is 10.5 Å². The van der Waals surface area contributed by atoms with Crippen LogP contribution in [-0.4, -0.2) is 23.0 Å². The molecule has 1 heterocycles. The lowest BCUT2D eigenvalue weighted by molar-refractivity contribution is 0.0909. The van der Waals surface area contributed by atoms with Gasteiger partial charge in [-0.25, -0.2) is 4.68 Å². The van der Waals surface area contributed by atoms with Crippen molar-refractivity contribution in [3.63, 3.8) is 0 Å². The fourth-order valence-electron chi connectivity index (χ4n) is 2.27. The van der Waals surface area contributed by atoms with Crippen LogP contribution in [0.5, 0.6) is 0 Å². The molecule has 4 heteroatoms. The highest BCUT2D eigenvalue weighted by atomic mass is 16.5. The van der Waals surface area contributed by atoms with Gasteiger partial charge in [0.05, 0.1) is 18.0 Å². The number of aromatic nitrogens is 2. The van der Waals surface area contributed by atoms with E-state index in [0.717, 1.165) is 30.8 Å². The lowest BCUT2D eigenvalue weighted by Crippen LogP contribution is -2.25. The minimum absolute atomic E-state index is 0.155. The summed E-state index contributed by atoms with van der Waals surface area (Å²) in [5.41, 5.74) is 9.15. The van der Waals surface area contributed by atoms with Gasteiger partial charge >= 0.3 is 0 Å². The van der Waals surface area contributed by atoms with Gasteiger partial charge in [0.25, 0.3) is 0 Å². The molecule has 0 atom stereocenters. The number of ether oxygens (including phenoxy) is 1. The van der Waals surface area contributed by atoms with E-state index >= 15 is 0 Å². The number of nitrogen functional groups attached to an aromatic ring is 1. The minimum Gasteiger partial charge on any atom is -0.384 e. The Kier molecular flexibility index (Phi) is 5.24. The Morgan fingerprint density at radius 1 is 1.23 bits per heavy atom. The van der Waals surface area contributed by atoms with Crippen LogP contribution in [-0.2, 0) is 10.2 Å². The summed E-state index contributed by atoms with van der Waals surface area (Å²) in [5.74, 6) is 0.653. The van der Waals surface area contributed by atoms with E-state index < -0.39 is 0 Å². The number of aryl methyl sites for hydroxylation is 1. The molecule has 22 heavy (non-hydrogen) atoms. The molecule has 0 aliphatic carbocycles. The number of hydrogen-bond acceptors (Lipinski definition) is 3. The molecule has 0 bridgehead atoms. The van der Waals surface area contributed by atoms with Crippen molar-refractivity contribution in [2.24, 2.45) is 0 Å². The molecule has 1 aromatic heterocycles. The molecule has 0 aliphatic heterocycles. The van der Waals surface area contributed by atoms with E-state index in [1.165, 1.54) is 5.56 Å². The Morgan fingerprint density at radius 2 is 1.91 bits per heavy atom. The minimum atomic E-state index is -0.155. The molecular formula is C18H27N3O. The molecule has 120 valence electrons. The molecule has 0 aliphatic rings. The molecule has 0 saturated heterocycles. The van der Waals surface area contributed by atoms with Crippen LogP contribution in [0.25, 0.3) is 5.69 Å². The molecule has 0 fully saturated rings. The van der Waals surface area contributed by atoms with E-state index in [2.05, 4.69) is 39.8 Å². The summed E-state index contributed by atoms with van der Waals surface area (Å²) in [6, 6.07) is 10.1. The normalized spacial score (nSPS) is 11.8. The standard InChI is InChI=1S/C18H27N3O/c1-5-6-11-22-13-18(3,4)16-12-17(19)21(20-16)15-9-7-14(2)8-10-15/h7-10,12H,5-6,11,13,19H2,1-4H3. The first-order chi connectivity index (χ1) is 10.4. The zero-order chi connectivity index (χ0) is 16.2. The van der Waals surface area contributed by atoms with Crippen molar-refractivity contribution in [3.8, 4) is 5.69 Å². The number of nitrogens with zero attached hydrogens (tertiary/aromatic N) is 2. The van der Waals surface area contributed by atoms with Gasteiger partial charge in [0.1, 0.15) is 5.82 Å². The largest absolute Gasteiger partial charge is 0.384 e. The maximum atomic E-state index is 6.14. The van der Waals surface area contributed by atoms with Crippen LogP contribution in [0.2, 0.25) is 0 Å². The number of unbranched alkanes of at least 4 members (excludes halogenated alkanes) is 1. The highest BCUT2D eigenvalue weighted by molar-refractivity contribution is 5.44. The molecule has 0 amide bonds. The van der Waals surface area contributed by atoms with Gasteiger partial charge in [0.15, 0.2) is 0 Å². The Hall–Kier alpha value is -1.81.